The molecule has 2 amide bonds. The number of carbonyl (C=O) groups is 3. The molecule has 2 aromatic carbocycles. The van der Waals surface area contributed by atoms with E-state index in [0.29, 0.717) is 22.0 Å². The van der Waals surface area contributed by atoms with E-state index in [1.807, 2.05) is 0 Å². The third-order valence-electron chi connectivity index (χ3n) is 3.51. The van der Waals surface area contributed by atoms with E-state index in [0.717, 1.165) is 0 Å². The first-order chi connectivity index (χ1) is 12.9. The minimum absolute atomic E-state index is 0.343. The number of hydrogen-bond donors (Lipinski definition) is 2. The van der Waals surface area contributed by atoms with Crippen molar-refractivity contribution in [2.45, 2.75) is 13.0 Å². The molecule has 0 heterocycles. The Morgan fingerprint density at radius 3 is 2.48 bits per heavy atom. The normalized spacial score (nSPS) is 11.2. The number of anilines is 1. The van der Waals surface area contributed by atoms with Crippen LogP contribution in [0, 0.1) is 0 Å². The number of benzene rings is 2. The van der Waals surface area contributed by atoms with Crippen LogP contribution in [0.4, 0.5) is 5.69 Å². The van der Waals surface area contributed by atoms with E-state index in [-0.39, 0.29) is 6.54 Å². The van der Waals surface area contributed by atoms with Crippen LogP contribution >= 0.6 is 11.6 Å². The van der Waals surface area contributed by atoms with E-state index in [1.165, 1.54) is 14.0 Å². The fourth-order valence-electron chi connectivity index (χ4n) is 2.09. The van der Waals surface area contributed by atoms with E-state index >= 15 is 0 Å². The molecule has 0 aliphatic carbocycles. The summed E-state index contributed by atoms with van der Waals surface area (Å²) in [5, 5.41) is 5.58. The van der Waals surface area contributed by atoms with Gasteiger partial charge in [0.15, 0.2) is 6.10 Å². The quantitative estimate of drug-likeness (QED) is 0.709. The van der Waals surface area contributed by atoms with Gasteiger partial charge in [-0.15, -0.1) is 0 Å². The highest BCUT2D eigenvalue weighted by atomic mass is 35.5. The number of halogens is 1. The minimum Gasteiger partial charge on any atom is -0.497 e. The van der Waals surface area contributed by atoms with Gasteiger partial charge >= 0.3 is 5.97 Å². The summed E-state index contributed by atoms with van der Waals surface area (Å²) in [5.41, 5.74) is 0.870. The number of hydrogen-bond acceptors (Lipinski definition) is 5. The van der Waals surface area contributed by atoms with E-state index in [9.17, 15) is 14.4 Å². The average molecular weight is 391 g/mol. The lowest BCUT2D eigenvalue weighted by atomic mass is 10.2. The third kappa shape index (κ3) is 6.31. The topological polar surface area (TPSA) is 93.7 Å². The summed E-state index contributed by atoms with van der Waals surface area (Å²) in [4.78, 5) is 35.9. The van der Waals surface area contributed by atoms with Crippen LogP contribution in [-0.2, 0) is 14.3 Å². The van der Waals surface area contributed by atoms with Crippen LogP contribution in [0.2, 0.25) is 5.02 Å². The molecule has 1 atom stereocenters. The van der Waals surface area contributed by atoms with Crippen molar-refractivity contribution in [3.05, 3.63) is 59.1 Å². The van der Waals surface area contributed by atoms with Gasteiger partial charge in [0.2, 0.25) is 0 Å². The van der Waals surface area contributed by atoms with E-state index in [2.05, 4.69) is 10.6 Å². The minimum atomic E-state index is -1.03. The van der Waals surface area contributed by atoms with Crippen molar-refractivity contribution in [3.8, 4) is 5.75 Å². The first-order valence-corrected chi connectivity index (χ1v) is 8.45. The van der Waals surface area contributed by atoms with Crippen molar-refractivity contribution in [2.24, 2.45) is 0 Å². The van der Waals surface area contributed by atoms with Crippen LogP contribution in [0.1, 0.15) is 17.3 Å². The second-order valence-electron chi connectivity index (χ2n) is 5.54. The Hall–Kier alpha value is -3.06. The van der Waals surface area contributed by atoms with Crippen molar-refractivity contribution in [1.82, 2.24) is 5.32 Å². The molecular weight excluding hydrogens is 372 g/mol. The number of amides is 2. The number of rotatable bonds is 7. The molecule has 0 bridgehead atoms. The van der Waals surface area contributed by atoms with Crippen molar-refractivity contribution in [3.63, 3.8) is 0 Å². The molecule has 2 aromatic rings. The Morgan fingerprint density at radius 1 is 1.11 bits per heavy atom. The zero-order valence-corrected chi connectivity index (χ0v) is 15.6. The van der Waals surface area contributed by atoms with E-state index in [1.54, 1.807) is 48.5 Å². The molecule has 0 aliphatic heterocycles. The molecule has 2 N–H and O–H groups in total. The van der Waals surface area contributed by atoms with Gasteiger partial charge in [0, 0.05) is 16.3 Å². The summed E-state index contributed by atoms with van der Waals surface area (Å²) in [7, 11) is 1.49. The molecule has 142 valence electrons. The first-order valence-electron chi connectivity index (χ1n) is 8.07. The van der Waals surface area contributed by atoms with Gasteiger partial charge in [0.1, 0.15) is 12.3 Å². The van der Waals surface area contributed by atoms with Crippen LogP contribution in [0.3, 0.4) is 0 Å². The van der Waals surface area contributed by atoms with Crippen molar-refractivity contribution in [2.75, 3.05) is 19.0 Å². The third-order valence-corrected chi connectivity index (χ3v) is 3.77. The molecule has 8 heteroatoms. The van der Waals surface area contributed by atoms with Crippen LogP contribution in [-0.4, -0.2) is 37.5 Å². The zero-order valence-electron chi connectivity index (χ0n) is 14.8. The van der Waals surface area contributed by atoms with Gasteiger partial charge in [-0.2, -0.15) is 0 Å². The average Bonchev–Trinajstić information content (AvgIpc) is 2.67. The van der Waals surface area contributed by atoms with Gasteiger partial charge in [0.25, 0.3) is 11.8 Å². The lowest BCUT2D eigenvalue weighted by Gasteiger charge is -2.14. The molecule has 1 unspecified atom stereocenters. The maximum Gasteiger partial charge on any atom is 0.326 e. The predicted molar refractivity (Wildman–Crippen MR) is 101 cm³/mol. The van der Waals surface area contributed by atoms with Crippen LogP contribution < -0.4 is 15.4 Å². The molecule has 27 heavy (non-hydrogen) atoms. The predicted octanol–water partition coefficient (Wildman–Crippen LogP) is 2.65. The number of nitrogens with one attached hydrogen (secondary N) is 2. The number of methoxy groups -OCH3 is 1. The Labute approximate surface area is 161 Å². The summed E-state index contributed by atoms with van der Waals surface area (Å²) < 4.78 is 10.1. The Morgan fingerprint density at radius 2 is 1.81 bits per heavy atom. The Kier molecular flexibility index (Phi) is 7.19. The van der Waals surface area contributed by atoms with Gasteiger partial charge in [-0.1, -0.05) is 17.7 Å². The monoisotopic (exact) mass is 390 g/mol. The molecule has 0 fully saturated rings. The van der Waals surface area contributed by atoms with Gasteiger partial charge in [-0.05, 0) is 49.4 Å². The van der Waals surface area contributed by atoms with E-state index in [4.69, 9.17) is 21.1 Å². The maximum atomic E-state index is 12.0. The number of carbonyl (C=O) groups excluding carboxylic acids is 3. The highest BCUT2D eigenvalue weighted by Crippen LogP contribution is 2.14. The summed E-state index contributed by atoms with van der Waals surface area (Å²) in [5.74, 6) is -1.16. The largest absolute Gasteiger partial charge is 0.497 e. The smallest absolute Gasteiger partial charge is 0.326 e. The van der Waals surface area contributed by atoms with Gasteiger partial charge in [0.05, 0.1) is 7.11 Å². The van der Waals surface area contributed by atoms with Crippen molar-refractivity contribution in [1.29, 1.82) is 0 Å². The molecule has 0 radical (unpaired) electrons. The fourth-order valence-corrected chi connectivity index (χ4v) is 2.21. The number of esters is 1. The van der Waals surface area contributed by atoms with Crippen molar-refractivity contribution >= 4 is 35.1 Å². The lowest BCUT2D eigenvalue weighted by Crippen LogP contribution is -2.35. The summed E-state index contributed by atoms with van der Waals surface area (Å²) in [6.45, 7) is 1.07. The maximum absolute atomic E-state index is 12.0. The second-order valence-corrected chi connectivity index (χ2v) is 5.98. The lowest BCUT2D eigenvalue weighted by molar-refractivity contribution is -0.152. The van der Waals surface area contributed by atoms with Crippen LogP contribution in [0.15, 0.2) is 48.5 Å². The molecular formula is C19H19ClN2O5. The second kappa shape index (κ2) is 9.59. The summed E-state index contributed by atoms with van der Waals surface area (Å²) in [6.07, 6.45) is -1.03. The first kappa shape index (κ1) is 20.3. The molecule has 0 aliphatic rings. The molecule has 2 rings (SSSR count). The highest BCUT2D eigenvalue weighted by molar-refractivity contribution is 6.30. The molecule has 0 saturated carbocycles. The van der Waals surface area contributed by atoms with Gasteiger partial charge < -0.3 is 20.1 Å². The summed E-state index contributed by atoms with van der Waals surface area (Å²) >= 11 is 5.78. The van der Waals surface area contributed by atoms with Crippen LogP contribution in [0.25, 0.3) is 0 Å². The van der Waals surface area contributed by atoms with Gasteiger partial charge in [-0.25, -0.2) is 0 Å². The SMILES string of the molecule is COc1cccc(C(=O)NCC(=O)OC(C)C(=O)Nc2ccc(Cl)cc2)c1. The van der Waals surface area contributed by atoms with E-state index < -0.39 is 23.9 Å². The molecule has 0 aromatic heterocycles. The summed E-state index contributed by atoms with van der Waals surface area (Å²) in [6, 6.07) is 13.0. The van der Waals surface area contributed by atoms with Crippen molar-refractivity contribution < 1.29 is 23.9 Å². The highest BCUT2D eigenvalue weighted by Gasteiger charge is 2.18. The fraction of sp³-hybridized carbons (Fsp3) is 0.211. The van der Waals surface area contributed by atoms with Gasteiger partial charge in [-0.3, -0.25) is 14.4 Å². The number of ether oxygens (including phenoxy) is 2. The standard InChI is InChI=1S/C19H19ClN2O5/c1-12(18(24)22-15-8-6-14(20)7-9-15)27-17(23)11-21-19(25)13-4-3-5-16(10-13)26-2/h3-10,12H,11H2,1-2H3,(H,21,25)(H,22,24). The van der Waals surface area contributed by atoms with Crippen LogP contribution in [0.5, 0.6) is 5.75 Å². The molecule has 0 spiro atoms. The molecule has 0 saturated heterocycles. The Balaban J connectivity index is 1.80. The Bertz CT molecular complexity index is 823. The zero-order chi connectivity index (χ0) is 19.8. The molecule has 7 nitrogen and oxygen atoms in total.